The third-order valence-corrected chi connectivity index (χ3v) is 5.47. The maximum absolute atomic E-state index is 12.4. The maximum atomic E-state index is 12.4. The van der Waals surface area contributed by atoms with E-state index in [4.69, 9.17) is 16.3 Å². The predicted molar refractivity (Wildman–Crippen MR) is 119 cm³/mol. The number of nitrogens with one attached hydrogen (secondary N) is 2. The molecule has 2 rings (SSSR count). The molecule has 2 N–H and O–H groups in total. The van der Waals surface area contributed by atoms with Crippen LogP contribution in [0.15, 0.2) is 48.5 Å². The molecule has 31 heavy (non-hydrogen) atoms. The number of sulfonamides is 1. The van der Waals surface area contributed by atoms with E-state index in [0.29, 0.717) is 22.0 Å². The van der Waals surface area contributed by atoms with Gasteiger partial charge in [-0.2, -0.15) is 0 Å². The van der Waals surface area contributed by atoms with Crippen molar-refractivity contribution in [2.24, 2.45) is 0 Å². The van der Waals surface area contributed by atoms with Crippen molar-refractivity contribution in [1.29, 1.82) is 0 Å². The lowest BCUT2D eigenvalue weighted by Crippen LogP contribution is -2.36. The molecule has 0 bridgehead atoms. The molecule has 0 aliphatic carbocycles. The summed E-state index contributed by atoms with van der Waals surface area (Å²) in [5.74, 6) is -1.53. The fourth-order valence-corrected chi connectivity index (χ4v) is 3.82. The van der Waals surface area contributed by atoms with E-state index in [9.17, 15) is 18.0 Å². The van der Waals surface area contributed by atoms with Crippen molar-refractivity contribution in [2.45, 2.75) is 32.4 Å². The highest BCUT2D eigenvalue weighted by Crippen LogP contribution is 2.21. The average molecular weight is 469 g/mol. The molecule has 10 heteroatoms. The number of esters is 1. The van der Waals surface area contributed by atoms with Crippen LogP contribution in [0.5, 0.6) is 5.75 Å². The molecule has 1 amide bonds. The molecule has 0 spiro atoms. The van der Waals surface area contributed by atoms with Crippen molar-refractivity contribution in [3.05, 3.63) is 59.1 Å². The van der Waals surface area contributed by atoms with E-state index < -0.39 is 33.7 Å². The van der Waals surface area contributed by atoms with Crippen LogP contribution in [0.4, 0.5) is 5.69 Å². The minimum absolute atomic E-state index is 0.00943. The third kappa shape index (κ3) is 8.47. The van der Waals surface area contributed by atoms with Gasteiger partial charge in [0.25, 0.3) is 0 Å². The summed E-state index contributed by atoms with van der Waals surface area (Å²) in [6, 6.07) is 12.1. The zero-order valence-corrected chi connectivity index (χ0v) is 19.0. The standard InChI is InChI=1S/C21H25ClN2O6S/c1-14(2)30-18-10-8-17(9-11-18)24-31(27,28)13-20(25)23-19(12-21(26)29-3)15-4-6-16(22)7-5-15/h4-11,14,19,24H,12-13H2,1-3H3,(H,23,25). The van der Waals surface area contributed by atoms with Crippen LogP contribution < -0.4 is 14.8 Å². The van der Waals surface area contributed by atoms with E-state index >= 15 is 0 Å². The lowest BCUT2D eigenvalue weighted by Gasteiger charge is -2.18. The third-order valence-electron chi connectivity index (χ3n) is 4.03. The number of ether oxygens (including phenoxy) is 2. The minimum Gasteiger partial charge on any atom is -0.491 e. The second kappa shape index (κ2) is 11.0. The second-order valence-electron chi connectivity index (χ2n) is 7.00. The number of methoxy groups -OCH3 is 1. The number of carbonyl (C=O) groups is 2. The monoisotopic (exact) mass is 468 g/mol. The van der Waals surface area contributed by atoms with Gasteiger partial charge in [-0.1, -0.05) is 23.7 Å². The molecule has 0 fully saturated rings. The molecule has 1 unspecified atom stereocenters. The topological polar surface area (TPSA) is 111 Å². The minimum atomic E-state index is -3.98. The number of hydrogen-bond acceptors (Lipinski definition) is 6. The summed E-state index contributed by atoms with van der Waals surface area (Å²) in [6.07, 6.45) is -0.168. The number of halogens is 1. The van der Waals surface area contributed by atoms with Crippen LogP contribution in [-0.2, 0) is 24.3 Å². The van der Waals surface area contributed by atoms with Crippen molar-refractivity contribution in [3.8, 4) is 5.75 Å². The molecule has 168 valence electrons. The van der Waals surface area contributed by atoms with Gasteiger partial charge in [-0.05, 0) is 55.8 Å². The molecule has 1 atom stereocenters. The number of rotatable bonds is 10. The first-order chi connectivity index (χ1) is 14.6. The van der Waals surface area contributed by atoms with Gasteiger partial charge in [-0.25, -0.2) is 8.42 Å². The van der Waals surface area contributed by atoms with Crippen molar-refractivity contribution < 1.29 is 27.5 Å². The summed E-state index contributed by atoms with van der Waals surface area (Å²) in [5.41, 5.74) is 0.891. The second-order valence-corrected chi connectivity index (χ2v) is 9.16. The Morgan fingerprint density at radius 3 is 2.19 bits per heavy atom. The summed E-state index contributed by atoms with van der Waals surface area (Å²) in [5, 5.41) is 3.06. The molecule has 2 aromatic carbocycles. The van der Waals surface area contributed by atoms with E-state index in [1.54, 1.807) is 48.5 Å². The number of hydrogen-bond donors (Lipinski definition) is 2. The number of amides is 1. The Morgan fingerprint density at radius 2 is 1.65 bits per heavy atom. The van der Waals surface area contributed by atoms with Crippen molar-refractivity contribution in [1.82, 2.24) is 5.32 Å². The van der Waals surface area contributed by atoms with Crippen LogP contribution in [0.3, 0.4) is 0 Å². The highest BCUT2D eigenvalue weighted by Gasteiger charge is 2.23. The van der Waals surface area contributed by atoms with E-state index in [1.807, 2.05) is 13.8 Å². The Labute approximate surface area is 186 Å². The normalized spacial score (nSPS) is 12.2. The fraction of sp³-hybridized carbons (Fsp3) is 0.333. The molecular formula is C21H25ClN2O6S. The van der Waals surface area contributed by atoms with Gasteiger partial charge in [-0.3, -0.25) is 14.3 Å². The largest absolute Gasteiger partial charge is 0.491 e. The Bertz CT molecular complexity index is 992. The van der Waals surface area contributed by atoms with Gasteiger partial charge < -0.3 is 14.8 Å². The van der Waals surface area contributed by atoms with Gasteiger partial charge in [0.05, 0.1) is 25.7 Å². The van der Waals surface area contributed by atoms with Crippen LogP contribution in [0, 0.1) is 0 Å². The van der Waals surface area contributed by atoms with Gasteiger partial charge in [0.2, 0.25) is 15.9 Å². The SMILES string of the molecule is COC(=O)CC(NC(=O)CS(=O)(=O)Nc1ccc(OC(C)C)cc1)c1ccc(Cl)cc1. The average Bonchev–Trinajstić information content (AvgIpc) is 2.68. The van der Waals surface area contributed by atoms with E-state index in [1.165, 1.54) is 7.11 Å². The molecule has 0 aliphatic heterocycles. The van der Waals surface area contributed by atoms with Gasteiger partial charge in [-0.15, -0.1) is 0 Å². The summed E-state index contributed by atoms with van der Waals surface area (Å²) in [7, 11) is -2.75. The number of carbonyl (C=O) groups excluding carboxylic acids is 2. The lowest BCUT2D eigenvalue weighted by molar-refractivity contribution is -0.141. The lowest BCUT2D eigenvalue weighted by atomic mass is 10.0. The molecule has 2 aromatic rings. The van der Waals surface area contributed by atoms with E-state index in [0.717, 1.165) is 0 Å². The summed E-state index contributed by atoms with van der Waals surface area (Å²) in [4.78, 5) is 24.1. The van der Waals surface area contributed by atoms with E-state index in [2.05, 4.69) is 14.8 Å². The van der Waals surface area contributed by atoms with Gasteiger partial charge in [0.1, 0.15) is 11.5 Å². The fourth-order valence-electron chi connectivity index (χ4n) is 2.70. The van der Waals surface area contributed by atoms with Gasteiger partial charge in [0.15, 0.2) is 0 Å². The predicted octanol–water partition coefficient (Wildman–Crippen LogP) is 3.29. The smallest absolute Gasteiger partial charge is 0.307 e. The molecule has 0 heterocycles. The van der Waals surface area contributed by atoms with Crippen LogP contribution in [0.25, 0.3) is 0 Å². The molecule has 0 saturated carbocycles. The maximum Gasteiger partial charge on any atom is 0.307 e. The number of benzene rings is 2. The first kappa shape index (κ1) is 24.5. The number of anilines is 1. The van der Waals surface area contributed by atoms with Gasteiger partial charge >= 0.3 is 5.97 Å². The molecule has 0 aromatic heterocycles. The van der Waals surface area contributed by atoms with Crippen molar-refractivity contribution >= 4 is 39.2 Å². The Kier molecular flexibility index (Phi) is 8.70. The van der Waals surface area contributed by atoms with Crippen molar-refractivity contribution in [3.63, 3.8) is 0 Å². The molecule has 8 nitrogen and oxygen atoms in total. The quantitative estimate of drug-likeness (QED) is 0.517. The molecule has 0 aliphatic rings. The Hall–Kier alpha value is -2.78. The van der Waals surface area contributed by atoms with Crippen LogP contribution >= 0.6 is 11.6 Å². The van der Waals surface area contributed by atoms with Crippen LogP contribution in [0.2, 0.25) is 5.02 Å². The first-order valence-corrected chi connectivity index (χ1v) is 11.5. The molecule has 0 radical (unpaired) electrons. The molecular weight excluding hydrogens is 444 g/mol. The highest BCUT2D eigenvalue weighted by atomic mass is 35.5. The summed E-state index contributed by atoms with van der Waals surface area (Å²) in [6.45, 7) is 3.76. The van der Waals surface area contributed by atoms with E-state index in [-0.39, 0.29) is 12.5 Å². The van der Waals surface area contributed by atoms with Gasteiger partial charge in [0, 0.05) is 10.7 Å². The van der Waals surface area contributed by atoms with Crippen LogP contribution in [-0.4, -0.2) is 39.3 Å². The molecule has 0 saturated heterocycles. The highest BCUT2D eigenvalue weighted by molar-refractivity contribution is 7.93. The zero-order chi connectivity index (χ0) is 23.0. The first-order valence-electron chi connectivity index (χ1n) is 9.47. The Balaban J connectivity index is 2.04. The summed E-state index contributed by atoms with van der Waals surface area (Å²) >= 11 is 5.88. The Morgan fingerprint density at radius 1 is 1.03 bits per heavy atom. The summed E-state index contributed by atoms with van der Waals surface area (Å²) < 4.78 is 37.3. The zero-order valence-electron chi connectivity index (χ0n) is 17.4. The van der Waals surface area contributed by atoms with Crippen molar-refractivity contribution in [2.75, 3.05) is 17.6 Å². The van der Waals surface area contributed by atoms with Crippen LogP contribution in [0.1, 0.15) is 31.9 Å².